The van der Waals surface area contributed by atoms with Gasteiger partial charge in [-0.15, -0.1) is 0 Å². The number of hydrogen-bond donors (Lipinski definition) is 1. The maximum absolute atomic E-state index is 13.1. The molecule has 0 bridgehead atoms. The Balaban J connectivity index is 1.32. The minimum absolute atomic E-state index is 0.0503. The van der Waals surface area contributed by atoms with Crippen LogP contribution >= 0.6 is 23.2 Å². The second-order valence-electron chi connectivity index (χ2n) is 14.0. The molecule has 2 atom stereocenters. The first kappa shape index (κ1) is 38.5. The number of nitrogens with zero attached hydrogens (tertiary/aromatic N) is 3. The largest absolute Gasteiger partial charge is 0.494 e. The molecule has 0 aliphatic carbocycles. The molecule has 2 heterocycles. The Labute approximate surface area is 300 Å². The Morgan fingerprint density at radius 2 is 1.71 bits per heavy atom. The van der Waals surface area contributed by atoms with E-state index in [1.807, 2.05) is 26.0 Å². The van der Waals surface area contributed by atoms with Crippen molar-refractivity contribution in [2.45, 2.75) is 85.3 Å². The lowest BCUT2D eigenvalue weighted by molar-refractivity contribution is -0.172. The third-order valence-corrected chi connectivity index (χ3v) is 10.0. The van der Waals surface area contributed by atoms with Crippen molar-refractivity contribution in [3.8, 4) is 5.75 Å². The van der Waals surface area contributed by atoms with E-state index in [1.54, 1.807) is 30.3 Å². The van der Waals surface area contributed by atoms with Crippen LogP contribution in [0.4, 0.5) is 5.69 Å². The highest BCUT2D eigenvalue weighted by Gasteiger charge is 2.31. The quantitative estimate of drug-likeness (QED) is 0.103. The van der Waals surface area contributed by atoms with Crippen molar-refractivity contribution in [2.75, 3.05) is 44.2 Å². The summed E-state index contributed by atoms with van der Waals surface area (Å²) >= 11 is 12.6. The molecule has 9 nitrogen and oxygen atoms in total. The summed E-state index contributed by atoms with van der Waals surface area (Å²) in [6, 6.07) is 13.8. The van der Waals surface area contributed by atoms with Gasteiger partial charge in [0.1, 0.15) is 5.75 Å². The van der Waals surface area contributed by atoms with Crippen LogP contribution in [0.5, 0.6) is 5.75 Å². The Kier molecular flexibility index (Phi) is 14.2. The summed E-state index contributed by atoms with van der Waals surface area (Å²) in [6.45, 7) is 13.3. The van der Waals surface area contributed by atoms with E-state index >= 15 is 0 Å². The number of pyridine rings is 1. The van der Waals surface area contributed by atoms with Crippen molar-refractivity contribution < 1.29 is 24.2 Å². The van der Waals surface area contributed by atoms with Crippen LogP contribution < -0.4 is 15.2 Å². The number of unbranched alkanes of at least 4 members (excludes halogenated alkanes) is 3. The molecular formula is C38H51Cl2N3O6. The highest BCUT2D eigenvalue weighted by atomic mass is 35.5. The molecule has 1 aliphatic rings. The number of aromatic nitrogens is 1. The average Bonchev–Trinajstić information content (AvgIpc) is 3.05. The zero-order valence-corrected chi connectivity index (χ0v) is 30.8. The molecule has 0 amide bonds. The van der Waals surface area contributed by atoms with Gasteiger partial charge in [0.25, 0.3) is 11.8 Å². The lowest BCUT2D eigenvalue weighted by Gasteiger charge is -2.36. The van der Waals surface area contributed by atoms with Crippen LogP contribution in [0.1, 0.15) is 85.3 Å². The Morgan fingerprint density at radius 1 is 0.980 bits per heavy atom. The second-order valence-corrected chi connectivity index (χ2v) is 14.8. The number of piperazine rings is 1. The topological polar surface area (TPSA) is 101 Å². The number of aliphatic carboxylic acids is 1. The van der Waals surface area contributed by atoms with Crippen molar-refractivity contribution >= 4 is 51.7 Å². The Bertz CT molecular complexity index is 1620. The van der Waals surface area contributed by atoms with E-state index in [9.17, 15) is 19.5 Å². The molecule has 1 saturated heterocycles. The van der Waals surface area contributed by atoms with Gasteiger partial charge < -0.3 is 19.5 Å². The SMILES string of the molecule is CCCCCC(C)CC(C)(C)CC(=O)OC(C(=O)O)n1c(=O)ccc2ccc(OCCCCN3CCN(c4cccc(Cl)c4Cl)CC3)cc21. The molecule has 1 N–H and O–H groups in total. The van der Waals surface area contributed by atoms with Gasteiger partial charge in [-0.05, 0) is 72.9 Å². The van der Waals surface area contributed by atoms with Crippen LogP contribution in [0.3, 0.4) is 0 Å². The fourth-order valence-corrected chi connectivity index (χ4v) is 7.19. The number of ether oxygens (including phenoxy) is 2. The first-order valence-electron chi connectivity index (χ1n) is 17.5. The number of esters is 1. The summed E-state index contributed by atoms with van der Waals surface area (Å²) in [5, 5.41) is 11.9. The normalized spacial score (nSPS) is 15.3. The van der Waals surface area contributed by atoms with Gasteiger partial charge in [0.05, 0.1) is 34.3 Å². The van der Waals surface area contributed by atoms with Crippen LogP contribution in [0.15, 0.2) is 53.3 Å². The molecule has 4 rings (SSSR count). The van der Waals surface area contributed by atoms with Gasteiger partial charge in [-0.25, -0.2) is 4.79 Å². The molecule has 0 radical (unpaired) electrons. The zero-order chi connectivity index (χ0) is 35.6. The number of carbonyl (C=O) groups is 2. The minimum atomic E-state index is -1.80. The molecule has 0 spiro atoms. The maximum atomic E-state index is 13.1. The standard InChI is InChI=1S/C38H51Cl2N3O6/c1-5-6-7-11-27(2)25-38(3,4)26-34(45)49-36(37(46)47)43-32-24-29(16-14-28(32)15-17-33(43)44)48-23-9-8-18-41-19-21-42(22-20-41)31-13-10-12-30(39)35(31)40/h10,12-17,24,27,36H,5-9,11,18-23,25-26H2,1-4H3,(H,46,47). The summed E-state index contributed by atoms with van der Waals surface area (Å²) < 4.78 is 12.6. The summed E-state index contributed by atoms with van der Waals surface area (Å²) in [5.74, 6) is -1.13. The Hall–Kier alpha value is -3.27. The highest BCUT2D eigenvalue weighted by Crippen LogP contribution is 2.34. The molecule has 49 heavy (non-hydrogen) atoms. The number of anilines is 1. The van der Waals surface area contributed by atoms with E-state index in [2.05, 4.69) is 23.6 Å². The monoisotopic (exact) mass is 715 g/mol. The second kappa shape index (κ2) is 18.1. The first-order valence-corrected chi connectivity index (χ1v) is 18.3. The van der Waals surface area contributed by atoms with Crippen LogP contribution in [-0.2, 0) is 14.3 Å². The van der Waals surface area contributed by atoms with Crippen molar-refractivity contribution in [1.29, 1.82) is 0 Å². The molecule has 0 saturated carbocycles. The number of benzene rings is 2. The van der Waals surface area contributed by atoms with Gasteiger partial charge in [0.15, 0.2) is 0 Å². The summed E-state index contributed by atoms with van der Waals surface area (Å²) in [5.41, 5.74) is 0.340. The first-order chi connectivity index (χ1) is 23.4. The van der Waals surface area contributed by atoms with Crippen LogP contribution in [-0.4, -0.2) is 65.8 Å². The molecule has 1 aromatic heterocycles. The minimum Gasteiger partial charge on any atom is -0.494 e. The molecule has 11 heteroatoms. The third kappa shape index (κ3) is 11.1. The van der Waals surface area contributed by atoms with E-state index in [-0.39, 0.29) is 11.8 Å². The van der Waals surface area contributed by atoms with Crippen LogP contribution in [0, 0.1) is 11.3 Å². The van der Waals surface area contributed by atoms with Gasteiger partial charge in [0, 0.05) is 38.3 Å². The van der Waals surface area contributed by atoms with Gasteiger partial charge in [-0.3, -0.25) is 19.1 Å². The molecular weight excluding hydrogens is 665 g/mol. The fourth-order valence-electron chi connectivity index (χ4n) is 6.77. The van der Waals surface area contributed by atoms with Crippen molar-refractivity contribution in [2.24, 2.45) is 11.3 Å². The number of carboxylic acid groups (broad SMARTS) is 1. The smallest absolute Gasteiger partial charge is 0.367 e. The molecule has 2 aromatic carbocycles. The zero-order valence-electron chi connectivity index (χ0n) is 29.3. The van der Waals surface area contributed by atoms with Gasteiger partial charge in [-0.2, -0.15) is 0 Å². The molecule has 268 valence electrons. The summed E-state index contributed by atoms with van der Waals surface area (Å²) in [6.07, 6.45) is 5.40. The van der Waals surface area contributed by atoms with Crippen molar-refractivity contribution in [3.63, 3.8) is 0 Å². The number of carboxylic acids is 1. The summed E-state index contributed by atoms with van der Waals surface area (Å²) in [4.78, 5) is 43.2. The van der Waals surface area contributed by atoms with E-state index < -0.39 is 23.7 Å². The van der Waals surface area contributed by atoms with Gasteiger partial charge in [0.2, 0.25) is 0 Å². The van der Waals surface area contributed by atoms with E-state index in [1.165, 1.54) is 12.5 Å². The maximum Gasteiger partial charge on any atom is 0.367 e. The van der Waals surface area contributed by atoms with E-state index in [4.69, 9.17) is 32.7 Å². The van der Waals surface area contributed by atoms with E-state index in [0.717, 1.165) is 81.5 Å². The number of carbonyl (C=O) groups excluding carboxylic acids is 1. The van der Waals surface area contributed by atoms with Gasteiger partial charge in [-0.1, -0.05) is 82.6 Å². The summed E-state index contributed by atoms with van der Waals surface area (Å²) in [7, 11) is 0. The number of halogens is 2. The number of hydrogen-bond acceptors (Lipinski definition) is 7. The highest BCUT2D eigenvalue weighted by molar-refractivity contribution is 6.43. The molecule has 1 fully saturated rings. The lowest BCUT2D eigenvalue weighted by Crippen LogP contribution is -2.46. The predicted octanol–water partition coefficient (Wildman–Crippen LogP) is 8.44. The van der Waals surface area contributed by atoms with Crippen molar-refractivity contribution in [3.05, 3.63) is 68.9 Å². The van der Waals surface area contributed by atoms with Crippen LogP contribution in [0.2, 0.25) is 10.0 Å². The predicted molar refractivity (Wildman–Crippen MR) is 197 cm³/mol. The van der Waals surface area contributed by atoms with Crippen LogP contribution in [0.25, 0.3) is 10.9 Å². The third-order valence-electron chi connectivity index (χ3n) is 9.20. The number of rotatable bonds is 18. The lowest BCUT2D eigenvalue weighted by atomic mass is 9.79. The molecule has 3 aromatic rings. The van der Waals surface area contributed by atoms with Gasteiger partial charge >= 0.3 is 11.9 Å². The fraction of sp³-hybridized carbons (Fsp3) is 0.553. The molecule has 2 unspecified atom stereocenters. The Morgan fingerprint density at radius 3 is 2.43 bits per heavy atom. The molecule has 1 aliphatic heterocycles. The van der Waals surface area contributed by atoms with E-state index in [0.29, 0.717) is 39.2 Å². The average molecular weight is 717 g/mol. The number of fused-ring (bicyclic) bond motifs is 1. The van der Waals surface area contributed by atoms with Crippen molar-refractivity contribution in [1.82, 2.24) is 9.47 Å².